The summed E-state index contributed by atoms with van der Waals surface area (Å²) in [6.45, 7) is 0. The number of hydrogen-bond acceptors (Lipinski definition) is 4. The summed E-state index contributed by atoms with van der Waals surface area (Å²) in [5.41, 5.74) is 0.514. The molecule has 1 heterocycles. The monoisotopic (exact) mass is 288 g/mol. The summed E-state index contributed by atoms with van der Waals surface area (Å²) < 4.78 is 2.79. The molecule has 2 aromatic rings. The Morgan fingerprint density at radius 1 is 1.36 bits per heavy atom. The van der Waals surface area contributed by atoms with Gasteiger partial charge in [-0.3, -0.25) is 0 Å². The van der Waals surface area contributed by atoms with Crippen LogP contribution in [0.15, 0.2) is 26.9 Å². The first-order valence-electron chi connectivity index (χ1n) is 3.86. The molecule has 2 nitrogen and oxygen atoms in total. The third kappa shape index (κ3) is 1.72. The van der Waals surface area contributed by atoms with Crippen molar-refractivity contribution in [3.63, 3.8) is 0 Å². The van der Waals surface area contributed by atoms with E-state index < -0.39 is 7.12 Å². The Balaban J connectivity index is 2.81. The zero-order valence-corrected chi connectivity index (χ0v) is 10.2. The summed E-state index contributed by atoms with van der Waals surface area (Å²) in [4.78, 5) is 0. The molecule has 0 aliphatic heterocycles. The van der Waals surface area contributed by atoms with Gasteiger partial charge in [-0.1, -0.05) is 6.07 Å². The van der Waals surface area contributed by atoms with Crippen LogP contribution >= 0.6 is 39.9 Å². The first kappa shape index (κ1) is 10.5. The van der Waals surface area contributed by atoms with Crippen LogP contribution in [0.1, 0.15) is 0 Å². The van der Waals surface area contributed by atoms with Gasteiger partial charge in [0.05, 0.1) is 4.21 Å². The summed E-state index contributed by atoms with van der Waals surface area (Å²) >= 11 is 9.15. The molecule has 0 aliphatic carbocycles. The normalized spacial score (nSPS) is 10.9. The molecule has 0 fully saturated rings. The second-order valence-electron chi connectivity index (χ2n) is 2.84. The van der Waals surface area contributed by atoms with Gasteiger partial charge in [-0.25, -0.2) is 0 Å². The van der Waals surface area contributed by atoms with Gasteiger partial charge in [-0.15, -0.1) is 24.0 Å². The fraction of sp³-hybridized carbons (Fsp3) is 0. The van der Waals surface area contributed by atoms with Crippen molar-refractivity contribution in [1.82, 2.24) is 0 Å². The SMILES string of the molecule is OB(O)c1ccc(Br)c2sc(S)cc12. The molecule has 0 saturated carbocycles. The molecule has 1 aromatic carbocycles. The van der Waals surface area contributed by atoms with Crippen molar-refractivity contribution in [3.05, 3.63) is 22.7 Å². The minimum absolute atomic E-state index is 0.514. The predicted molar refractivity (Wildman–Crippen MR) is 66.6 cm³/mol. The van der Waals surface area contributed by atoms with Crippen molar-refractivity contribution in [2.75, 3.05) is 0 Å². The maximum absolute atomic E-state index is 9.14. The Hall–Kier alpha value is -0.00506. The summed E-state index contributed by atoms with van der Waals surface area (Å²) in [5, 5.41) is 19.1. The smallest absolute Gasteiger partial charge is 0.423 e. The van der Waals surface area contributed by atoms with Crippen molar-refractivity contribution in [2.45, 2.75) is 4.21 Å². The van der Waals surface area contributed by atoms with Crippen LogP contribution in [0.5, 0.6) is 0 Å². The second kappa shape index (κ2) is 3.86. The van der Waals surface area contributed by atoms with E-state index in [1.165, 1.54) is 11.3 Å². The van der Waals surface area contributed by atoms with E-state index in [1.807, 2.05) is 6.07 Å². The number of rotatable bonds is 1. The Morgan fingerprint density at radius 2 is 2.07 bits per heavy atom. The summed E-state index contributed by atoms with van der Waals surface area (Å²) in [6.07, 6.45) is 0. The molecule has 0 unspecified atom stereocenters. The maximum Gasteiger partial charge on any atom is 0.489 e. The van der Waals surface area contributed by atoms with Crippen LogP contribution in [0.4, 0.5) is 0 Å². The van der Waals surface area contributed by atoms with Gasteiger partial charge in [0.25, 0.3) is 0 Å². The number of benzene rings is 1. The van der Waals surface area contributed by atoms with Gasteiger partial charge in [0.2, 0.25) is 0 Å². The number of fused-ring (bicyclic) bond motifs is 1. The molecule has 0 saturated heterocycles. The third-order valence-electron chi connectivity index (χ3n) is 1.93. The Morgan fingerprint density at radius 3 is 2.71 bits per heavy atom. The molecule has 0 radical (unpaired) electrons. The van der Waals surface area contributed by atoms with E-state index in [9.17, 15) is 0 Å². The number of hydrogen-bond donors (Lipinski definition) is 3. The highest BCUT2D eigenvalue weighted by atomic mass is 79.9. The van der Waals surface area contributed by atoms with Crippen LogP contribution in [0.3, 0.4) is 0 Å². The standard InChI is InChI=1S/C8H6BBrO2S2/c10-6-2-1-5(9(11)12)4-3-7(13)14-8(4)6/h1-3,11-13H. The van der Waals surface area contributed by atoms with Crippen LogP contribution in [0, 0.1) is 0 Å². The van der Waals surface area contributed by atoms with Crippen LogP contribution in [-0.2, 0) is 0 Å². The Labute approximate surface area is 99.3 Å². The van der Waals surface area contributed by atoms with E-state index >= 15 is 0 Å². The average Bonchev–Trinajstić information content (AvgIpc) is 2.47. The molecule has 0 spiro atoms. The summed E-state index contributed by atoms with van der Waals surface area (Å²) in [6, 6.07) is 5.33. The van der Waals surface area contributed by atoms with Crippen molar-refractivity contribution < 1.29 is 10.0 Å². The quantitative estimate of drug-likeness (QED) is 0.551. The molecular formula is C8H6BBrO2S2. The van der Waals surface area contributed by atoms with Gasteiger partial charge in [0, 0.05) is 9.17 Å². The molecule has 0 bridgehead atoms. The maximum atomic E-state index is 9.14. The number of halogens is 1. The number of thiol groups is 1. The van der Waals surface area contributed by atoms with Gasteiger partial charge in [-0.2, -0.15) is 0 Å². The average molecular weight is 289 g/mol. The Kier molecular flexibility index (Phi) is 2.90. The zero-order chi connectivity index (χ0) is 10.3. The third-order valence-corrected chi connectivity index (χ3v) is 4.23. The first-order valence-corrected chi connectivity index (χ1v) is 5.92. The van der Waals surface area contributed by atoms with E-state index in [4.69, 9.17) is 10.0 Å². The lowest BCUT2D eigenvalue weighted by Gasteiger charge is -2.02. The van der Waals surface area contributed by atoms with Gasteiger partial charge < -0.3 is 10.0 Å². The zero-order valence-electron chi connectivity index (χ0n) is 6.94. The van der Waals surface area contributed by atoms with Crippen LogP contribution < -0.4 is 5.46 Å². The van der Waals surface area contributed by atoms with Crippen LogP contribution in [-0.4, -0.2) is 17.2 Å². The highest BCUT2D eigenvalue weighted by Gasteiger charge is 2.17. The molecule has 2 rings (SSSR count). The van der Waals surface area contributed by atoms with Crippen molar-refractivity contribution in [2.24, 2.45) is 0 Å². The fourth-order valence-corrected chi connectivity index (χ4v) is 3.15. The number of thiophene rings is 1. The minimum Gasteiger partial charge on any atom is -0.423 e. The topological polar surface area (TPSA) is 40.5 Å². The van der Waals surface area contributed by atoms with Gasteiger partial charge in [-0.05, 0) is 38.9 Å². The lowest BCUT2D eigenvalue weighted by atomic mass is 9.78. The predicted octanol–water partition coefficient (Wildman–Crippen LogP) is 1.63. The second-order valence-corrected chi connectivity index (χ2v) is 5.53. The highest BCUT2D eigenvalue weighted by molar-refractivity contribution is 9.10. The molecule has 0 aliphatic rings. The molecule has 72 valence electrons. The van der Waals surface area contributed by atoms with E-state index in [2.05, 4.69) is 28.6 Å². The fourth-order valence-electron chi connectivity index (χ4n) is 1.32. The molecule has 2 N–H and O–H groups in total. The lowest BCUT2D eigenvalue weighted by Crippen LogP contribution is -2.30. The molecule has 6 heteroatoms. The highest BCUT2D eigenvalue weighted by Crippen LogP contribution is 2.32. The minimum atomic E-state index is -1.44. The van der Waals surface area contributed by atoms with Crippen molar-refractivity contribution >= 4 is 62.6 Å². The van der Waals surface area contributed by atoms with Gasteiger partial charge in [0.15, 0.2) is 0 Å². The van der Waals surface area contributed by atoms with E-state index in [0.29, 0.717) is 5.46 Å². The van der Waals surface area contributed by atoms with Crippen molar-refractivity contribution in [3.8, 4) is 0 Å². The van der Waals surface area contributed by atoms with Crippen LogP contribution in [0.25, 0.3) is 10.1 Å². The lowest BCUT2D eigenvalue weighted by molar-refractivity contribution is 0.426. The molecular weight excluding hydrogens is 283 g/mol. The van der Waals surface area contributed by atoms with Gasteiger partial charge in [0.1, 0.15) is 0 Å². The summed E-state index contributed by atoms with van der Waals surface area (Å²) in [7, 11) is -1.44. The van der Waals surface area contributed by atoms with Gasteiger partial charge >= 0.3 is 7.12 Å². The summed E-state index contributed by atoms with van der Waals surface area (Å²) in [5.74, 6) is 0. The van der Waals surface area contributed by atoms with Crippen molar-refractivity contribution in [1.29, 1.82) is 0 Å². The Bertz CT molecular complexity index is 483. The first-order chi connectivity index (χ1) is 6.59. The molecule has 0 atom stereocenters. The molecule has 1 aromatic heterocycles. The van der Waals surface area contributed by atoms with Crippen LogP contribution in [0.2, 0.25) is 0 Å². The van der Waals surface area contributed by atoms with E-state index in [0.717, 1.165) is 18.8 Å². The largest absolute Gasteiger partial charge is 0.489 e. The molecule has 14 heavy (non-hydrogen) atoms. The van der Waals surface area contributed by atoms with E-state index in [1.54, 1.807) is 12.1 Å². The molecule has 0 amide bonds. The van der Waals surface area contributed by atoms with E-state index in [-0.39, 0.29) is 0 Å².